The number of nitrogens with two attached hydrogens (primary N) is 1. The van der Waals surface area contributed by atoms with Gasteiger partial charge in [-0.3, -0.25) is 0 Å². The van der Waals surface area contributed by atoms with Crippen molar-refractivity contribution < 1.29 is 4.74 Å². The SMILES string of the molecule is COCc1ccccc1Nc1cc(C)ccc1C(N)=S. The van der Waals surface area contributed by atoms with E-state index < -0.39 is 0 Å². The minimum Gasteiger partial charge on any atom is -0.389 e. The van der Waals surface area contributed by atoms with Gasteiger partial charge in [0.1, 0.15) is 4.99 Å². The molecule has 0 spiro atoms. The lowest BCUT2D eigenvalue weighted by atomic mass is 10.1. The summed E-state index contributed by atoms with van der Waals surface area (Å²) < 4.78 is 5.22. The fourth-order valence-corrected chi connectivity index (χ4v) is 2.22. The number of anilines is 2. The Hall–Kier alpha value is -1.91. The third-order valence-corrected chi connectivity index (χ3v) is 3.25. The molecular formula is C16H18N2OS. The lowest BCUT2D eigenvalue weighted by molar-refractivity contribution is 0.185. The van der Waals surface area contributed by atoms with Gasteiger partial charge >= 0.3 is 0 Å². The zero-order valence-electron chi connectivity index (χ0n) is 11.6. The number of ether oxygens (including phenoxy) is 1. The van der Waals surface area contributed by atoms with E-state index in [9.17, 15) is 0 Å². The number of rotatable bonds is 5. The maximum atomic E-state index is 5.78. The maximum Gasteiger partial charge on any atom is 0.106 e. The first-order valence-corrected chi connectivity index (χ1v) is 6.77. The van der Waals surface area contributed by atoms with Crippen LogP contribution in [0.1, 0.15) is 16.7 Å². The maximum absolute atomic E-state index is 5.78. The van der Waals surface area contributed by atoms with Crippen molar-refractivity contribution in [3.05, 3.63) is 59.2 Å². The molecule has 20 heavy (non-hydrogen) atoms. The van der Waals surface area contributed by atoms with E-state index in [1.54, 1.807) is 7.11 Å². The minimum absolute atomic E-state index is 0.386. The largest absolute Gasteiger partial charge is 0.389 e. The molecule has 0 aliphatic carbocycles. The number of aryl methyl sites for hydroxylation is 1. The molecule has 2 rings (SSSR count). The number of benzene rings is 2. The van der Waals surface area contributed by atoms with Crippen LogP contribution in [0, 0.1) is 6.92 Å². The van der Waals surface area contributed by atoms with Gasteiger partial charge in [-0.1, -0.05) is 36.5 Å². The summed E-state index contributed by atoms with van der Waals surface area (Å²) in [6.45, 7) is 2.59. The van der Waals surface area contributed by atoms with E-state index in [1.165, 1.54) is 0 Å². The second-order valence-electron chi connectivity index (χ2n) is 4.63. The molecule has 3 nitrogen and oxygen atoms in total. The van der Waals surface area contributed by atoms with E-state index in [-0.39, 0.29) is 0 Å². The Labute approximate surface area is 124 Å². The van der Waals surface area contributed by atoms with Gasteiger partial charge in [0.25, 0.3) is 0 Å². The van der Waals surface area contributed by atoms with Crippen molar-refractivity contribution in [2.24, 2.45) is 5.73 Å². The van der Waals surface area contributed by atoms with Gasteiger partial charge in [0, 0.05) is 29.6 Å². The molecule has 104 valence electrons. The van der Waals surface area contributed by atoms with Crippen molar-refractivity contribution in [2.75, 3.05) is 12.4 Å². The van der Waals surface area contributed by atoms with Crippen molar-refractivity contribution in [2.45, 2.75) is 13.5 Å². The van der Waals surface area contributed by atoms with Gasteiger partial charge in [-0.05, 0) is 30.7 Å². The summed E-state index contributed by atoms with van der Waals surface area (Å²) in [5, 5.41) is 3.40. The highest BCUT2D eigenvalue weighted by molar-refractivity contribution is 7.80. The van der Waals surface area contributed by atoms with Crippen LogP contribution in [0.5, 0.6) is 0 Å². The molecule has 0 saturated heterocycles. The first kappa shape index (κ1) is 14.5. The van der Waals surface area contributed by atoms with Gasteiger partial charge in [0.2, 0.25) is 0 Å². The predicted octanol–water partition coefficient (Wildman–Crippen LogP) is 3.52. The highest BCUT2D eigenvalue weighted by atomic mass is 32.1. The number of methoxy groups -OCH3 is 1. The van der Waals surface area contributed by atoms with Crippen LogP contribution in [0.25, 0.3) is 0 Å². The van der Waals surface area contributed by atoms with E-state index in [0.29, 0.717) is 11.6 Å². The van der Waals surface area contributed by atoms with Gasteiger partial charge in [-0.15, -0.1) is 0 Å². The number of nitrogens with one attached hydrogen (secondary N) is 1. The van der Waals surface area contributed by atoms with Gasteiger partial charge < -0.3 is 15.8 Å². The third-order valence-electron chi connectivity index (χ3n) is 3.03. The number of hydrogen-bond acceptors (Lipinski definition) is 3. The molecule has 4 heteroatoms. The summed E-state index contributed by atoms with van der Waals surface area (Å²) in [4.78, 5) is 0.386. The lowest BCUT2D eigenvalue weighted by Gasteiger charge is -2.15. The normalized spacial score (nSPS) is 10.3. The molecule has 0 atom stereocenters. The van der Waals surface area contributed by atoms with Crippen LogP contribution >= 0.6 is 12.2 Å². The molecule has 3 N–H and O–H groups in total. The molecule has 0 amide bonds. The average molecular weight is 286 g/mol. The Morgan fingerprint density at radius 1 is 1.20 bits per heavy atom. The molecule has 0 saturated carbocycles. The van der Waals surface area contributed by atoms with Crippen molar-refractivity contribution in [3.63, 3.8) is 0 Å². The summed E-state index contributed by atoms with van der Waals surface area (Å²) in [6.07, 6.45) is 0. The molecule has 2 aromatic rings. The molecule has 0 aromatic heterocycles. The highest BCUT2D eigenvalue weighted by Crippen LogP contribution is 2.25. The highest BCUT2D eigenvalue weighted by Gasteiger charge is 2.08. The summed E-state index contributed by atoms with van der Waals surface area (Å²) in [6, 6.07) is 14.0. The molecular weight excluding hydrogens is 268 g/mol. The summed E-state index contributed by atoms with van der Waals surface area (Å²) >= 11 is 5.11. The fourth-order valence-electron chi connectivity index (χ4n) is 2.05. The van der Waals surface area contributed by atoms with Crippen LogP contribution in [0.15, 0.2) is 42.5 Å². The monoisotopic (exact) mass is 286 g/mol. The lowest BCUT2D eigenvalue weighted by Crippen LogP contribution is -2.12. The molecule has 0 heterocycles. The zero-order chi connectivity index (χ0) is 14.5. The second kappa shape index (κ2) is 6.50. The van der Waals surface area contributed by atoms with Crippen LogP contribution in [0.2, 0.25) is 0 Å². The zero-order valence-corrected chi connectivity index (χ0v) is 12.5. The Morgan fingerprint density at radius 3 is 2.65 bits per heavy atom. The number of para-hydroxylation sites is 1. The van der Waals surface area contributed by atoms with E-state index >= 15 is 0 Å². The van der Waals surface area contributed by atoms with E-state index in [0.717, 1.165) is 28.1 Å². The Kier molecular flexibility index (Phi) is 4.71. The number of hydrogen-bond donors (Lipinski definition) is 2. The molecule has 0 aliphatic rings. The minimum atomic E-state index is 0.386. The predicted molar refractivity (Wildman–Crippen MR) is 87.5 cm³/mol. The van der Waals surface area contributed by atoms with Crippen LogP contribution < -0.4 is 11.1 Å². The topological polar surface area (TPSA) is 47.3 Å². The van der Waals surface area contributed by atoms with Crippen molar-refractivity contribution in [1.29, 1.82) is 0 Å². The smallest absolute Gasteiger partial charge is 0.106 e. The molecule has 0 fully saturated rings. The Balaban J connectivity index is 2.39. The van der Waals surface area contributed by atoms with Gasteiger partial charge in [-0.25, -0.2) is 0 Å². The molecule has 0 unspecified atom stereocenters. The summed E-state index contributed by atoms with van der Waals surface area (Å²) in [5.74, 6) is 0. The van der Waals surface area contributed by atoms with Gasteiger partial charge in [0.15, 0.2) is 0 Å². The summed E-state index contributed by atoms with van der Waals surface area (Å²) in [5.41, 5.74) is 10.8. The first-order chi connectivity index (χ1) is 9.61. The molecule has 0 aliphatic heterocycles. The van der Waals surface area contributed by atoms with Crippen LogP contribution in [0.4, 0.5) is 11.4 Å². The first-order valence-electron chi connectivity index (χ1n) is 6.36. The number of thiocarbonyl (C=S) groups is 1. The van der Waals surface area contributed by atoms with E-state index in [4.69, 9.17) is 22.7 Å². The van der Waals surface area contributed by atoms with Gasteiger partial charge in [-0.2, -0.15) is 0 Å². The molecule has 0 bridgehead atoms. The van der Waals surface area contributed by atoms with E-state index in [2.05, 4.69) is 5.32 Å². The van der Waals surface area contributed by atoms with Crippen molar-refractivity contribution in [1.82, 2.24) is 0 Å². The van der Waals surface area contributed by atoms with Crippen LogP contribution in [0.3, 0.4) is 0 Å². The van der Waals surface area contributed by atoms with Crippen LogP contribution in [-0.2, 0) is 11.3 Å². The standard InChI is InChI=1S/C16H18N2OS/c1-11-7-8-13(16(17)20)15(9-11)18-14-6-4-3-5-12(14)10-19-2/h3-9,18H,10H2,1-2H3,(H2,17,20). The van der Waals surface area contributed by atoms with Crippen molar-refractivity contribution in [3.8, 4) is 0 Å². The molecule has 2 aromatic carbocycles. The fraction of sp³-hybridized carbons (Fsp3) is 0.188. The average Bonchev–Trinajstić information content (AvgIpc) is 2.41. The Morgan fingerprint density at radius 2 is 1.95 bits per heavy atom. The molecule has 0 radical (unpaired) electrons. The Bertz CT molecular complexity index is 626. The third kappa shape index (κ3) is 3.35. The quantitative estimate of drug-likeness (QED) is 0.826. The van der Waals surface area contributed by atoms with Crippen LogP contribution in [-0.4, -0.2) is 12.1 Å². The van der Waals surface area contributed by atoms with Crippen molar-refractivity contribution >= 4 is 28.6 Å². The second-order valence-corrected chi connectivity index (χ2v) is 5.07. The summed E-state index contributed by atoms with van der Waals surface area (Å²) in [7, 11) is 1.68. The van der Waals surface area contributed by atoms with Gasteiger partial charge in [0.05, 0.1) is 6.61 Å². The van der Waals surface area contributed by atoms with E-state index in [1.807, 2.05) is 49.4 Å².